The van der Waals surface area contributed by atoms with Crippen molar-refractivity contribution in [2.24, 2.45) is 0 Å². The maximum atomic E-state index is 13.5. The summed E-state index contributed by atoms with van der Waals surface area (Å²) in [6.07, 6.45) is 0. The molecule has 2 rings (SSSR count). The lowest BCUT2D eigenvalue weighted by Gasteiger charge is -2.08. The monoisotopic (exact) mass is 377 g/mol. The molecule has 1 aromatic heterocycles. The molecule has 0 aliphatic carbocycles. The van der Waals surface area contributed by atoms with Crippen molar-refractivity contribution in [2.75, 3.05) is 5.32 Å². The summed E-state index contributed by atoms with van der Waals surface area (Å²) >= 11 is 0. The summed E-state index contributed by atoms with van der Waals surface area (Å²) in [5.41, 5.74) is -2.78. The zero-order chi connectivity index (χ0) is 19.8. The average Bonchev–Trinajstić information content (AvgIpc) is 2.87. The van der Waals surface area contributed by atoms with Gasteiger partial charge in [-0.05, 0) is 11.8 Å². The molecule has 0 atom stereocenters. The Morgan fingerprint density at radius 3 is 2.12 bits per heavy atom. The van der Waals surface area contributed by atoms with E-state index in [4.69, 9.17) is 0 Å². The zero-order valence-electron chi connectivity index (χ0n) is 12.6. The van der Waals surface area contributed by atoms with Crippen LogP contribution in [0.5, 0.6) is 0 Å². The number of halogens is 4. The van der Waals surface area contributed by atoms with Gasteiger partial charge in [0.2, 0.25) is 5.91 Å². The van der Waals surface area contributed by atoms with E-state index in [1.165, 1.54) is 0 Å². The van der Waals surface area contributed by atoms with Crippen LogP contribution in [0.4, 0.5) is 34.8 Å². The molecular weight excluding hydrogens is 370 g/mol. The molecule has 1 amide bonds. The molecular formula is C12H7F4N5O5. The van der Waals surface area contributed by atoms with Crippen molar-refractivity contribution in [1.82, 2.24) is 9.78 Å². The lowest BCUT2D eigenvalue weighted by Crippen LogP contribution is -2.22. The Morgan fingerprint density at radius 1 is 1.15 bits per heavy atom. The summed E-state index contributed by atoms with van der Waals surface area (Å²) in [5, 5.41) is 26.5. The fraction of sp³-hybridized carbons (Fsp3) is 0.167. The first-order valence-corrected chi connectivity index (χ1v) is 6.53. The number of nitrogens with one attached hydrogen (secondary N) is 1. The smallest absolute Gasteiger partial charge is 0.358 e. The number of benzene rings is 1. The normalized spacial score (nSPS) is 10.7. The molecule has 14 heteroatoms. The van der Waals surface area contributed by atoms with E-state index in [0.29, 0.717) is 4.68 Å². The van der Waals surface area contributed by atoms with Crippen molar-refractivity contribution in [3.63, 3.8) is 0 Å². The molecule has 1 aromatic carbocycles. The second-order valence-electron chi connectivity index (χ2n) is 4.82. The van der Waals surface area contributed by atoms with E-state index in [1.807, 2.05) is 0 Å². The molecule has 26 heavy (non-hydrogen) atoms. The minimum absolute atomic E-state index is 0.0648. The summed E-state index contributed by atoms with van der Waals surface area (Å²) in [6, 6.07) is -0.0648. The van der Waals surface area contributed by atoms with Gasteiger partial charge in [0.1, 0.15) is 17.9 Å². The lowest BCUT2D eigenvalue weighted by atomic mass is 10.2. The third kappa shape index (κ3) is 3.28. The minimum atomic E-state index is -1.87. The minimum Gasteiger partial charge on any atom is -0.358 e. The maximum Gasteiger partial charge on any atom is 0.468 e. The second-order valence-corrected chi connectivity index (χ2v) is 4.82. The highest BCUT2D eigenvalue weighted by molar-refractivity contribution is 5.91. The van der Waals surface area contributed by atoms with Gasteiger partial charge >= 0.3 is 11.5 Å². The van der Waals surface area contributed by atoms with Crippen LogP contribution in [0.2, 0.25) is 0 Å². The van der Waals surface area contributed by atoms with E-state index < -0.39 is 62.8 Å². The first-order valence-electron chi connectivity index (χ1n) is 6.53. The van der Waals surface area contributed by atoms with Gasteiger partial charge < -0.3 is 15.4 Å². The molecule has 0 spiro atoms. The van der Waals surface area contributed by atoms with Crippen molar-refractivity contribution in [3.05, 3.63) is 55.3 Å². The summed E-state index contributed by atoms with van der Waals surface area (Å²) in [6.45, 7) is 0.103. The molecule has 1 heterocycles. The molecule has 0 fully saturated rings. The zero-order valence-corrected chi connectivity index (χ0v) is 12.6. The number of nitro groups is 2. The topological polar surface area (TPSA) is 133 Å². The van der Waals surface area contributed by atoms with Crippen LogP contribution < -0.4 is 5.32 Å². The number of hydrogen-bond acceptors (Lipinski definition) is 6. The quantitative estimate of drug-likeness (QED) is 0.368. The number of nitrogens with zero attached hydrogens (tertiary/aromatic N) is 4. The highest BCUT2D eigenvalue weighted by Gasteiger charge is 2.36. The number of hydrogen-bond donors (Lipinski definition) is 1. The Labute approximate surface area is 140 Å². The van der Waals surface area contributed by atoms with Crippen molar-refractivity contribution in [3.8, 4) is 0 Å². The lowest BCUT2D eigenvalue weighted by molar-refractivity contribution is -0.424. The molecule has 2 aromatic rings. The Bertz CT molecular complexity index is 919. The molecule has 1 N–H and O–H groups in total. The Hall–Kier alpha value is -3.58. The molecule has 0 unspecified atom stereocenters. The Balaban J connectivity index is 2.34. The third-order valence-corrected chi connectivity index (χ3v) is 3.18. The fourth-order valence-corrected chi connectivity index (χ4v) is 2.01. The SMILES string of the molecule is Cc1c([N+](=O)[O-])c([N+](=O)[O-])nn1CC(=O)Nc1c(F)c(F)cc(F)c1F. The molecule has 0 aliphatic rings. The van der Waals surface area contributed by atoms with E-state index in [-0.39, 0.29) is 11.8 Å². The number of aromatic nitrogens is 2. The van der Waals surface area contributed by atoms with Gasteiger partial charge in [0, 0.05) is 6.07 Å². The predicted octanol–water partition coefficient (Wildman–Crippen LogP) is 2.20. The number of anilines is 1. The van der Waals surface area contributed by atoms with Gasteiger partial charge in [0.05, 0.1) is 10.0 Å². The van der Waals surface area contributed by atoms with E-state index in [2.05, 4.69) is 5.10 Å². The summed E-state index contributed by atoms with van der Waals surface area (Å²) < 4.78 is 53.7. The summed E-state index contributed by atoms with van der Waals surface area (Å²) in [7, 11) is 0. The molecule has 0 bridgehead atoms. The van der Waals surface area contributed by atoms with Gasteiger partial charge in [0.25, 0.3) is 0 Å². The van der Waals surface area contributed by atoms with E-state index in [9.17, 15) is 42.6 Å². The predicted molar refractivity (Wildman–Crippen MR) is 75.2 cm³/mol. The third-order valence-electron chi connectivity index (χ3n) is 3.18. The van der Waals surface area contributed by atoms with Crippen LogP contribution in [0.25, 0.3) is 0 Å². The summed E-state index contributed by atoms with van der Waals surface area (Å²) in [4.78, 5) is 31.2. The molecule has 0 saturated heterocycles. The number of amides is 1. The van der Waals surface area contributed by atoms with E-state index in [0.717, 1.165) is 6.92 Å². The Kier molecular flexibility index (Phi) is 4.86. The number of carbonyl (C=O) groups excluding carboxylic acids is 1. The average molecular weight is 377 g/mol. The number of rotatable bonds is 5. The van der Waals surface area contributed by atoms with Gasteiger partial charge in [-0.2, -0.15) is 4.68 Å². The Morgan fingerprint density at radius 2 is 1.69 bits per heavy atom. The van der Waals surface area contributed by atoms with Gasteiger partial charge in [0.15, 0.2) is 23.3 Å². The molecule has 0 radical (unpaired) electrons. The van der Waals surface area contributed by atoms with Crippen molar-refractivity contribution in [2.45, 2.75) is 13.5 Å². The van der Waals surface area contributed by atoms with E-state index in [1.54, 1.807) is 5.32 Å². The molecule has 0 saturated carbocycles. The first kappa shape index (κ1) is 18.8. The largest absolute Gasteiger partial charge is 0.468 e. The molecule has 0 aliphatic heterocycles. The number of carbonyl (C=O) groups is 1. The van der Waals surface area contributed by atoms with Crippen LogP contribution in [0, 0.1) is 50.4 Å². The van der Waals surface area contributed by atoms with Crippen molar-refractivity contribution in [1.29, 1.82) is 0 Å². The van der Waals surface area contributed by atoms with Gasteiger partial charge in [-0.25, -0.2) is 17.6 Å². The van der Waals surface area contributed by atoms with Crippen LogP contribution in [0.3, 0.4) is 0 Å². The van der Waals surface area contributed by atoms with Crippen LogP contribution in [0.1, 0.15) is 5.69 Å². The van der Waals surface area contributed by atoms with Crippen molar-refractivity contribution >= 4 is 23.1 Å². The highest BCUT2D eigenvalue weighted by atomic mass is 19.2. The first-order chi connectivity index (χ1) is 12.0. The fourth-order valence-electron chi connectivity index (χ4n) is 2.01. The molecule has 138 valence electrons. The van der Waals surface area contributed by atoms with Gasteiger partial charge in [-0.3, -0.25) is 14.9 Å². The van der Waals surface area contributed by atoms with Crippen LogP contribution in [0.15, 0.2) is 6.07 Å². The second kappa shape index (κ2) is 6.73. The van der Waals surface area contributed by atoms with Gasteiger partial charge in [-0.15, -0.1) is 0 Å². The van der Waals surface area contributed by atoms with Crippen molar-refractivity contribution < 1.29 is 32.2 Å². The molecule has 10 nitrogen and oxygen atoms in total. The maximum absolute atomic E-state index is 13.5. The van der Waals surface area contributed by atoms with Gasteiger partial charge in [-0.1, -0.05) is 0 Å². The van der Waals surface area contributed by atoms with Crippen LogP contribution in [-0.4, -0.2) is 25.5 Å². The van der Waals surface area contributed by atoms with Crippen LogP contribution in [-0.2, 0) is 11.3 Å². The summed E-state index contributed by atoms with van der Waals surface area (Å²) in [5.74, 6) is -9.70. The van der Waals surface area contributed by atoms with E-state index >= 15 is 0 Å². The van der Waals surface area contributed by atoms with Crippen LogP contribution >= 0.6 is 0 Å². The highest BCUT2D eigenvalue weighted by Crippen LogP contribution is 2.29. The standard InChI is InChI=1S/C12H7F4N5O5/c1-4-11(20(23)24)12(21(25)26)18-19(4)3-7(22)17-10-8(15)5(13)2-6(14)9(10)16/h2H,3H2,1H3,(H,17,22).